The van der Waals surface area contributed by atoms with Crippen LogP contribution in [0.1, 0.15) is 29.8 Å². The molecule has 21 heavy (non-hydrogen) atoms. The molecule has 2 rings (SSSR count). The number of hydrogen-bond acceptors (Lipinski definition) is 3. The molecule has 1 heterocycles. The van der Waals surface area contributed by atoms with E-state index in [9.17, 15) is 0 Å². The van der Waals surface area contributed by atoms with Gasteiger partial charge in [-0.25, -0.2) is 0 Å². The normalized spacial score (nSPS) is 12.4. The SMILES string of the molecule is CCCNC(Cc1ccc(OC)c(Br)c1)c1sccc1Br. The van der Waals surface area contributed by atoms with Gasteiger partial charge in [0.15, 0.2) is 0 Å². The summed E-state index contributed by atoms with van der Waals surface area (Å²) in [5.74, 6) is 0.870. The second-order valence-corrected chi connectivity index (χ2v) is 7.47. The minimum atomic E-state index is 0.333. The summed E-state index contributed by atoms with van der Waals surface area (Å²) in [5, 5.41) is 5.77. The van der Waals surface area contributed by atoms with Crippen molar-refractivity contribution >= 4 is 43.2 Å². The molecular weight excluding hydrogens is 414 g/mol. The first-order valence-corrected chi connectivity index (χ1v) is 9.41. The van der Waals surface area contributed by atoms with Gasteiger partial charge >= 0.3 is 0 Å². The second-order valence-electron chi connectivity index (χ2n) is 4.81. The molecule has 1 atom stereocenters. The third kappa shape index (κ3) is 4.55. The van der Waals surface area contributed by atoms with E-state index in [2.05, 4.69) is 67.7 Å². The van der Waals surface area contributed by atoms with Gasteiger partial charge in [-0.2, -0.15) is 0 Å². The van der Waals surface area contributed by atoms with E-state index >= 15 is 0 Å². The Hall–Kier alpha value is -0.360. The van der Waals surface area contributed by atoms with Gasteiger partial charge in [0, 0.05) is 15.4 Å². The van der Waals surface area contributed by atoms with Crippen LogP contribution in [-0.2, 0) is 6.42 Å². The molecule has 0 spiro atoms. The number of ether oxygens (including phenoxy) is 1. The molecule has 0 saturated heterocycles. The lowest BCUT2D eigenvalue weighted by molar-refractivity contribution is 0.412. The van der Waals surface area contributed by atoms with Crippen LogP contribution in [0.5, 0.6) is 5.75 Å². The van der Waals surface area contributed by atoms with Gasteiger partial charge in [-0.3, -0.25) is 0 Å². The Bertz CT molecular complexity index is 585. The lowest BCUT2D eigenvalue weighted by atomic mass is 10.0. The molecule has 1 unspecified atom stereocenters. The highest BCUT2D eigenvalue weighted by molar-refractivity contribution is 9.10. The molecule has 1 aromatic carbocycles. The first-order valence-electron chi connectivity index (χ1n) is 6.94. The second kappa shape index (κ2) is 8.32. The smallest absolute Gasteiger partial charge is 0.133 e. The molecular formula is C16H19Br2NOS. The lowest BCUT2D eigenvalue weighted by Crippen LogP contribution is -2.23. The predicted octanol–water partition coefficient (Wildman–Crippen LogP) is 5.57. The standard InChI is InChI=1S/C16H19Br2NOS/c1-3-7-19-14(16-12(17)6-8-21-16)10-11-4-5-15(20-2)13(18)9-11/h4-6,8-9,14,19H,3,7,10H2,1-2H3. The van der Waals surface area contributed by atoms with Crippen molar-refractivity contribution < 1.29 is 4.74 Å². The fourth-order valence-corrected chi connectivity index (χ4v) is 4.52. The Morgan fingerprint density at radius 3 is 2.62 bits per heavy atom. The van der Waals surface area contributed by atoms with E-state index in [-0.39, 0.29) is 0 Å². The van der Waals surface area contributed by atoms with Gasteiger partial charge in [0.25, 0.3) is 0 Å². The number of thiophene rings is 1. The van der Waals surface area contributed by atoms with Crippen LogP contribution in [0.25, 0.3) is 0 Å². The monoisotopic (exact) mass is 431 g/mol. The zero-order valence-electron chi connectivity index (χ0n) is 12.2. The van der Waals surface area contributed by atoms with Gasteiger partial charge in [0.05, 0.1) is 11.6 Å². The highest BCUT2D eigenvalue weighted by atomic mass is 79.9. The maximum Gasteiger partial charge on any atom is 0.133 e. The van der Waals surface area contributed by atoms with Crippen molar-refractivity contribution in [3.63, 3.8) is 0 Å². The van der Waals surface area contributed by atoms with Crippen molar-refractivity contribution in [2.45, 2.75) is 25.8 Å². The lowest BCUT2D eigenvalue weighted by Gasteiger charge is -2.18. The first-order chi connectivity index (χ1) is 10.2. The summed E-state index contributed by atoms with van der Waals surface area (Å²) >= 11 is 9.01. The molecule has 0 fully saturated rings. The van der Waals surface area contributed by atoms with E-state index in [0.717, 1.165) is 29.6 Å². The van der Waals surface area contributed by atoms with Gasteiger partial charge in [0.1, 0.15) is 5.75 Å². The summed E-state index contributed by atoms with van der Waals surface area (Å²) in [6.07, 6.45) is 2.09. The van der Waals surface area contributed by atoms with Crippen molar-refractivity contribution in [1.29, 1.82) is 0 Å². The summed E-state index contributed by atoms with van der Waals surface area (Å²) in [6, 6.07) is 8.73. The van der Waals surface area contributed by atoms with Crippen LogP contribution in [-0.4, -0.2) is 13.7 Å². The molecule has 0 amide bonds. The molecule has 0 saturated carbocycles. The van der Waals surface area contributed by atoms with Crippen molar-refractivity contribution in [3.8, 4) is 5.75 Å². The average molecular weight is 433 g/mol. The molecule has 0 aliphatic heterocycles. The topological polar surface area (TPSA) is 21.3 Å². The van der Waals surface area contributed by atoms with E-state index in [1.807, 2.05) is 6.07 Å². The first kappa shape index (κ1) is 17.0. The quantitative estimate of drug-likeness (QED) is 0.617. The molecule has 0 bridgehead atoms. The van der Waals surface area contributed by atoms with Gasteiger partial charge in [-0.1, -0.05) is 13.0 Å². The minimum absolute atomic E-state index is 0.333. The Balaban J connectivity index is 2.18. The van der Waals surface area contributed by atoms with Crippen LogP contribution < -0.4 is 10.1 Å². The predicted molar refractivity (Wildman–Crippen MR) is 97.5 cm³/mol. The Labute approximate surface area is 147 Å². The summed E-state index contributed by atoms with van der Waals surface area (Å²) in [7, 11) is 1.69. The number of benzene rings is 1. The van der Waals surface area contributed by atoms with E-state index in [1.165, 1.54) is 14.9 Å². The number of methoxy groups -OCH3 is 1. The minimum Gasteiger partial charge on any atom is -0.496 e. The fraction of sp³-hybridized carbons (Fsp3) is 0.375. The molecule has 0 radical (unpaired) electrons. The number of nitrogens with one attached hydrogen (secondary N) is 1. The molecule has 2 aromatic rings. The highest BCUT2D eigenvalue weighted by Crippen LogP contribution is 2.33. The van der Waals surface area contributed by atoms with Gasteiger partial charge in [0.2, 0.25) is 0 Å². The summed E-state index contributed by atoms with van der Waals surface area (Å²) in [5.41, 5.74) is 1.29. The molecule has 2 nitrogen and oxygen atoms in total. The van der Waals surface area contributed by atoms with E-state index in [4.69, 9.17) is 4.74 Å². The van der Waals surface area contributed by atoms with Gasteiger partial charge in [-0.05, 0) is 80.4 Å². The Kier molecular flexibility index (Phi) is 6.74. The molecule has 5 heteroatoms. The summed E-state index contributed by atoms with van der Waals surface area (Å²) < 4.78 is 7.48. The van der Waals surface area contributed by atoms with Crippen molar-refractivity contribution in [1.82, 2.24) is 5.32 Å². The largest absolute Gasteiger partial charge is 0.496 e. The zero-order valence-corrected chi connectivity index (χ0v) is 16.1. The van der Waals surface area contributed by atoms with Crippen molar-refractivity contribution in [2.75, 3.05) is 13.7 Å². The third-order valence-corrected chi connectivity index (χ3v) is 5.86. The maximum atomic E-state index is 5.29. The van der Waals surface area contributed by atoms with E-state index in [1.54, 1.807) is 18.4 Å². The zero-order chi connectivity index (χ0) is 15.2. The van der Waals surface area contributed by atoms with E-state index in [0.29, 0.717) is 6.04 Å². The van der Waals surface area contributed by atoms with Crippen LogP contribution in [0, 0.1) is 0 Å². The molecule has 1 N–H and O–H groups in total. The third-order valence-electron chi connectivity index (χ3n) is 3.26. The van der Waals surface area contributed by atoms with Crippen molar-refractivity contribution in [2.24, 2.45) is 0 Å². The fourth-order valence-electron chi connectivity index (χ4n) is 2.20. The number of halogens is 2. The van der Waals surface area contributed by atoms with Crippen LogP contribution in [0.4, 0.5) is 0 Å². The molecule has 0 aliphatic carbocycles. The van der Waals surface area contributed by atoms with Gasteiger partial charge in [-0.15, -0.1) is 11.3 Å². The van der Waals surface area contributed by atoms with Crippen LogP contribution in [0.15, 0.2) is 38.6 Å². The Morgan fingerprint density at radius 2 is 2.05 bits per heavy atom. The van der Waals surface area contributed by atoms with Gasteiger partial charge < -0.3 is 10.1 Å². The summed E-state index contributed by atoms with van der Waals surface area (Å²) in [6.45, 7) is 3.21. The molecule has 1 aromatic heterocycles. The van der Waals surface area contributed by atoms with Crippen molar-refractivity contribution in [3.05, 3.63) is 49.0 Å². The van der Waals surface area contributed by atoms with Crippen LogP contribution in [0.2, 0.25) is 0 Å². The summed E-state index contributed by atoms with van der Waals surface area (Å²) in [4.78, 5) is 1.36. The molecule has 114 valence electrons. The van der Waals surface area contributed by atoms with Crippen LogP contribution in [0.3, 0.4) is 0 Å². The van der Waals surface area contributed by atoms with E-state index < -0.39 is 0 Å². The highest BCUT2D eigenvalue weighted by Gasteiger charge is 2.16. The molecule has 0 aliphatic rings. The number of hydrogen-bond donors (Lipinski definition) is 1. The maximum absolute atomic E-state index is 5.29. The Morgan fingerprint density at radius 1 is 1.24 bits per heavy atom. The van der Waals surface area contributed by atoms with Crippen LogP contribution >= 0.6 is 43.2 Å². The average Bonchev–Trinajstić information content (AvgIpc) is 2.90. The number of rotatable bonds is 7.